The maximum atomic E-state index is 11.6. The number of rotatable bonds is 1. The molecule has 1 saturated heterocycles. The molecule has 1 aromatic heterocycles. The van der Waals surface area contributed by atoms with Crippen molar-refractivity contribution in [2.75, 3.05) is 7.05 Å². The Morgan fingerprint density at radius 1 is 1.53 bits per heavy atom. The quantitative estimate of drug-likeness (QED) is 0.541. The Morgan fingerprint density at radius 3 is 2.73 bits per heavy atom. The van der Waals surface area contributed by atoms with E-state index in [1.165, 1.54) is 4.90 Å². The van der Waals surface area contributed by atoms with Crippen LogP contribution in [0.5, 0.6) is 0 Å². The van der Waals surface area contributed by atoms with E-state index >= 15 is 0 Å². The molecule has 78 valence electrons. The largest absolute Gasteiger partial charge is 0.328 e. The molecule has 0 bridgehead atoms. The first kappa shape index (κ1) is 9.85. The fraction of sp³-hybridized carbons (Fsp3) is 0.222. The summed E-state index contributed by atoms with van der Waals surface area (Å²) in [6.07, 6.45) is 3.40. The Morgan fingerprint density at radius 2 is 2.27 bits per heavy atom. The van der Waals surface area contributed by atoms with Gasteiger partial charge in [-0.05, 0) is 24.4 Å². The zero-order chi connectivity index (χ0) is 11.0. The summed E-state index contributed by atoms with van der Waals surface area (Å²) in [6.45, 7) is 0. The molecule has 2 rings (SSSR count). The minimum absolute atomic E-state index is 0.124. The third-order valence-electron chi connectivity index (χ3n) is 2.23. The van der Waals surface area contributed by atoms with Crippen molar-refractivity contribution in [2.45, 2.75) is 0 Å². The SMILES string of the molecule is CN1C(=O)/C(=C\c2ccnn2C)NC1=S. The number of nitrogens with zero attached hydrogens (tertiary/aromatic N) is 3. The van der Waals surface area contributed by atoms with Gasteiger partial charge in [0, 0.05) is 20.3 Å². The average molecular weight is 222 g/mol. The van der Waals surface area contributed by atoms with Gasteiger partial charge >= 0.3 is 0 Å². The topological polar surface area (TPSA) is 50.2 Å². The Labute approximate surface area is 92.4 Å². The highest BCUT2D eigenvalue weighted by atomic mass is 32.1. The lowest BCUT2D eigenvalue weighted by Crippen LogP contribution is -2.25. The molecule has 0 saturated carbocycles. The van der Waals surface area contributed by atoms with Crippen molar-refractivity contribution in [3.63, 3.8) is 0 Å². The maximum Gasteiger partial charge on any atom is 0.276 e. The van der Waals surface area contributed by atoms with Crippen molar-refractivity contribution >= 4 is 29.3 Å². The van der Waals surface area contributed by atoms with Crippen LogP contribution in [0.1, 0.15) is 5.69 Å². The van der Waals surface area contributed by atoms with Gasteiger partial charge < -0.3 is 5.32 Å². The van der Waals surface area contributed by atoms with E-state index in [-0.39, 0.29) is 5.91 Å². The Balaban J connectivity index is 2.34. The molecule has 1 amide bonds. The van der Waals surface area contributed by atoms with E-state index in [2.05, 4.69) is 10.4 Å². The second kappa shape index (κ2) is 3.47. The number of likely N-dealkylation sites (N-methyl/N-ethyl adjacent to an activating group) is 1. The third-order valence-corrected chi connectivity index (χ3v) is 2.61. The highest BCUT2D eigenvalue weighted by Crippen LogP contribution is 2.11. The van der Waals surface area contributed by atoms with E-state index in [1.807, 2.05) is 13.1 Å². The zero-order valence-corrected chi connectivity index (χ0v) is 9.21. The van der Waals surface area contributed by atoms with Crippen molar-refractivity contribution in [1.82, 2.24) is 20.0 Å². The predicted molar refractivity (Wildman–Crippen MR) is 59.7 cm³/mol. The Kier molecular flexibility index (Phi) is 2.28. The summed E-state index contributed by atoms with van der Waals surface area (Å²) < 4.78 is 1.68. The molecule has 0 aromatic carbocycles. The van der Waals surface area contributed by atoms with E-state index in [4.69, 9.17) is 12.2 Å². The van der Waals surface area contributed by atoms with Crippen molar-refractivity contribution in [3.05, 3.63) is 23.7 Å². The van der Waals surface area contributed by atoms with Gasteiger partial charge in [0.05, 0.1) is 5.69 Å². The highest BCUT2D eigenvalue weighted by molar-refractivity contribution is 7.80. The molecule has 2 heterocycles. The molecule has 0 spiro atoms. The number of nitrogens with one attached hydrogen (secondary N) is 1. The summed E-state index contributed by atoms with van der Waals surface area (Å²) in [5.41, 5.74) is 1.33. The molecule has 1 N–H and O–H groups in total. The summed E-state index contributed by atoms with van der Waals surface area (Å²) in [4.78, 5) is 13.0. The van der Waals surface area contributed by atoms with Gasteiger partial charge in [0.25, 0.3) is 5.91 Å². The van der Waals surface area contributed by atoms with E-state index in [1.54, 1.807) is 24.0 Å². The summed E-state index contributed by atoms with van der Waals surface area (Å²) in [5.74, 6) is -0.124. The average Bonchev–Trinajstić information content (AvgIpc) is 2.69. The predicted octanol–water partition coefficient (Wildman–Crippen LogP) is 0.107. The second-order valence-electron chi connectivity index (χ2n) is 3.23. The van der Waals surface area contributed by atoms with Crippen molar-refractivity contribution < 1.29 is 4.79 Å². The van der Waals surface area contributed by atoms with E-state index in [9.17, 15) is 4.79 Å². The van der Waals surface area contributed by atoms with Gasteiger partial charge in [-0.1, -0.05) is 0 Å². The summed E-state index contributed by atoms with van der Waals surface area (Å²) in [6, 6.07) is 1.82. The van der Waals surface area contributed by atoms with Gasteiger partial charge in [-0.25, -0.2) is 0 Å². The summed E-state index contributed by atoms with van der Waals surface area (Å²) in [7, 11) is 3.45. The van der Waals surface area contributed by atoms with Gasteiger partial charge in [0.2, 0.25) is 0 Å². The summed E-state index contributed by atoms with van der Waals surface area (Å²) >= 11 is 4.96. The number of hydrogen-bond acceptors (Lipinski definition) is 3. The molecule has 15 heavy (non-hydrogen) atoms. The minimum atomic E-state index is -0.124. The van der Waals surface area contributed by atoms with Crippen LogP contribution in [-0.4, -0.2) is 32.7 Å². The number of carbonyl (C=O) groups is 1. The first-order valence-corrected chi connectivity index (χ1v) is 4.79. The van der Waals surface area contributed by atoms with Crippen LogP contribution < -0.4 is 5.32 Å². The molecule has 5 nitrogen and oxygen atoms in total. The molecular formula is C9H10N4OS. The van der Waals surface area contributed by atoms with Crippen LogP contribution in [0.3, 0.4) is 0 Å². The number of amides is 1. The minimum Gasteiger partial charge on any atom is -0.328 e. The highest BCUT2D eigenvalue weighted by Gasteiger charge is 2.27. The van der Waals surface area contributed by atoms with Crippen LogP contribution >= 0.6 is 12.2 Å². The number of thiocarbonyl (C=S) groups is 1. The van der Waals surface area contributed by atoms with Crippen LogP contribution in [0.25, 0.3) is 6.08 Å². The summed E-state index contributed by atoms with van der Waals surface area (Å²) in [5, 5.41) is 7.28. The van der Waals surface area contributed by atoms with Crippen molar-refractivity contribution in [1.29, 1.82) is 0 Å². The molecule has 0 aliphatic carbocycles. The standard InChI is InChI=1S/C9H10N4OS/c1-12-8(14)7(11-9(12)15)5-6-3-4-10-13(6)2/h3-5H,1-2H3,(H,11,15)/b7-5+. The smallest absolute Gasteiger partial charge is 0.276 e. The molecule has 6 heteroatoms. The van der Waals surface area contributed by atoms with Crippen molar-refractivity contribution in [3.8, 4) is 0 Å². The zero-order valence-electron chi connectivity index (χ0n) is 8.39. The maximum absolute atomic E-state index is 11.6. The van der Waals surface area contributed by atoms with Crippen LogP contribution in [0.2, 0.25) is 0 Å². The third kappa shape index (κ3) is 1.63. The lowest BCUT2D eigenvalue weighted by Gasteiger charge is -2.02. The number of aryl methyl sites for hydroxylation is 1. The van der Waals surface area contributed by atoms with Crippen LogP contribution in [-0.2, 0) is 11.8 Å². The molecule has 1 aliphatic rings. The molecular weight excluding hydrogens is 212 g/mol. The van der Waals surface area contributed by atoms with E-state index in [0.717, 1.165) is 5.69 Å². The molecule has 0 atom stereocenters. The molecule has 0 unspecified atom stereocenters. The van der Waals surface area contributed by atoms with E-state index in [0.29, 0.717) is 10.8 Å². The van der Waals surface area contributed by atoms with Crippen LogP contribution in [0.15, 0.2) is 18.0 Å². The Bertz CT molecular complexity index is 462. The number of aromatic nitrogens is 2. The fourth-order valence-electron chi connectivity index (χ4n) is 1.30. The van der Waals surface area contributed by atoms with Gasteiger partial charge in [-0.3, -0.25) is 14.4 Å². The van der Waals surface area contributed by atoms with Gasteiger partial charge in [0.15, 0.2) is 5.11 Å². The lowest BCUT2D eigenvalue weighted by atomic mass is 10.3. The van der Waals surface area contributed by atoms with Gasteiger partial charge in [-0.2, -0.15) is 5.10 Å². The second-order valence-corrected chi connectivity index (χ2v) is 3.62. The Hall–Kier alpha value is -1.69. The fourth-order valence-corrected chi connectivity index (χ4v) is 1.49. The first-order valence-electron chi connectivity index (χ1n) is 4.38. The monoisotopic (exact) mass is 222 g/mol. The van der Waals surface area contributed by atoms with E-state index < -0.39 is 0 Å². The van der Waals surface area contributed by atoms with Crippen LogP contribution in [0, 0.1) is 0 Å². The molecule has 1 fully saturated rings. The molecule has 0 radical (unpaired) electrons. The van der Waals surface area contributed by atoms with Gasteiger partial charge in [-0.15, -0.1) is 0 Å². The first-order chi connectivity index (χ1) is 7.09. The van der Waals surface area contributed by atoms with Crippen molar-refractivity contribution in [2.24, 2.45) is 7.05 Å². The number of carbonyl (C=O) groups excluding carboxylic acids is 1. The van der Waals surface area contributed by atoms with Gasteiger partial charge in [0.1, 0.15) is 5.70 Å². The normalized spacial score (nSPS) is 18.8. The van der Waals surface area contributed by atoms with Crippen LogP contribution in [0.4, 0.5) is 0 Å². The molecule has 1 aromatic rings. The lowest BCUT2D eigenvalue weighted by molar-refractivity contribution is -0.121. The molecule has 1 aliphatic heterocycles. The number of hydrogen-bond donors (Lipinski definition) is 1.